The van der Waals surface area contributed by atoms with Crippen LogP contribution < -0.4 is 5.32 Å². The summed E-state index contributed by atoms with van der Waals surface area (Å²) in [6.07, 6.45) is -0.918. The van der Waals surface area contributed by atoms with E-state index >= 15 is 0 Å². The maximum absolute atomic E-state index is 13.5. The largest absolute Gasteiger partial charge is 0.465 e. The first-order valence-electron chi connectivity index (χ1n) is 5.71. The molecule has 0 unspecified atom stereocenters. The lowest BCUT2D eigenvalue weighted by atomic mass is 10.1. The first-order valence-corrected chi connectivity index (χ1v) is 5.71. The number of nitrogens with one attached hydrogen (secondary N) is 1. The molecule has 0 saturated carbocycles. The minimum atomic E-state index is -1.08. The highest BCUT2D eigenvalue weighted by Gasteiger charge is 2.20. The Morgan fingerprint density at radius 3 is 2.25 bits per heavy atom. The summed E-state index contributed by atoms with van der Waals surface area (Å²) >= 11 is 0. The van der Waals surface area contributed by atoms with Gasteiger partial charge in [-0.05, 0) is 26.8 Å². The number of rotatable bonds is 2. The van der Waals surface area contributed by atoms with Gasteiger partial charge in [-0.1, -0.05) is 0 Å². The number of esters is 1. The Hall–Kier alpha value is -2.18. The second-order valence-electron chi connectivity index (χ2n) is 4.93. The molecule has 20 heavy (non-hydrogen) atoms. The van der Waals surface area contributed by atoms with Crippen molar-refractivity contribution < 1.29 is 27.8 Å². The van der Waals surface area contributed by atoms with Gasteiger partial charge in [-0.25, -0.2) is 18.4 Å². The molecule has 1 aromatic rings. The van der Waals surface area contributed by atoms with E-state index in [2.05, 4.69) is 10.1 Å². The Morgan fingerprint density at radius 1 is 1.15 bits per heavy atom. The minimum absolute atomic E-state index is 0.374. The van der Waals surface area contributed by atoms with Crippen LogP contribution in [0.5, 0.6) is 0 Å². The smallest absolute Gasteiger partial charge is 0.412 e. The molecule has 1 N–H and O–H groups in total. The number of carbonyl (C=O) groups excluding carboxylic acids is 2. The van der Waals surface area contributed by atoms with E-state index in [0.29, 0.717) is 6.07 Å². The van der Waals surface area contributed by atoms with E-state index in [0.717, 1.165) is 13.2 Å². The summed E-state index contributed by atoms with van der Waals surface area (Å²) in [6, 6.07) is 1.33. The zero-order chi connectivity index (χ0) is 15.5. The van der Waals surface area contributed by atoms with Crippen molar-refractivity contribution in [1.82, 2.24) is 0 Å². The third-order valence-electron chi connectivity index (χ3n) is 2.10. The van der Waals surface area contributed by atoms with Crippen LogP contribution in [0.2, 0.25) is 0 Å². The fourth-order valence-corrected chi connectivity index (χ4v) is 1.32. The van der Waals surface area contributed by atoms with Crippen molar-refractivity contribution in [2.75, 3.05) is 12.4 Å². The lowest BCUT2D eigenvalue weighted by Gasteiger charge is -2.20. The molecule has 0 aliphatic carbocycles. The quantitative estimate of drug-likeness (QED) is 0.849. The fraction of sp³-hybridized carbons (Fsp3) is 0.385. The molecule has 0 spiro atoms. The van der Waals surface area contributed by atoms with Gasteiger partial charge in [0.05, 0.1) is 18.4 Å². The Morgan fingerprint density at radius 2 is 1.75 bits per heavy atom. The van der Waals surface area contributed by atoms with Crippen LogP contribution in [-0.4, -0.2) is 24.8 Å². The normalized spacial score (nSPS) is 10.9. The molecule has 0 bridgehead atoms. The summed E-state index contributed by atoms with van der Waals surface area (Å²) < 4.78 is 36.2. The SMILES string of the molecule is COC(=O)c1cc(NC(=O)OC(C)(C)C)c(F)cc1F. The molecule has 1 aromatic carbocycles. The third kappa shape index (κ3) is 4.18. The number of ether oxygens (including phenoxy) is 2. The number of methoxy groups -OCH3 is 1. The first kappa shape index (κ1) is 15.9. The zero-order valence-electron chi connectivity index (χ0n) is 11.5. The molecule has 0 aliphatic rings. The van der Waals surface area contributed by atoms with Crippen molar-refractivity contribution in [1.29, 1.82) is 0 Å². The number of amides is 1. The van der Waals surface area contributed by atoms with Crippen molar-refractivity contribution in [2.45, 2.75) is 26.4 Å². The van der Waals surface area contributed by atoms with Crippen molar-refractivity contribution in [2.24, 2.45) is 0 Å². The highest BCUT2D eigenvalue weighted by Crippen LogP contribution is 2.21. The molecule has 0 atom stereocenters. The number of hydrogen-bond donors (Lipinski definition) is 1. The molecule has 110 valence electrons. The second kappa shape index (κ2) is 5.85. The maximum atomic E-state index is 13.5. The Bertz CT molecular complexity index is 538. The maximum Gasteiger partial charge on any atom is 0.412 e. The summed E-state index contributed by atoms with van der Waals surface area (Å²) in [5.74, 6) is -3.08. The standard InChI is InChI=1S/C13H15F2NO4/c1-13(2,3)20-12(18)16-10-5-7(11(17)19-4)8(14)6-9(10)15/h5-6H,1-4H3,(H,16,18). The number of hydrogen-bond acceptors (Lipinski definition) is 4. The molecule has 0 saturated heterocycles. The highest BCUT2D eigenvalue weighted by molar-refractivity contribution is 5.93. The van der Waals surface area contributed by atoms with Crippen molar-refractivity contribution in [3.8, 4) is 0 Å². The minimum Gasteiger partial charge on any atom is -0.465 e. The molecule has 0 aliphatic heterocycles. The molecule has 0 aromatic heterocycles. The van der Waals surface area contributed by atoms with E-state index in [-0.39, 0.29) is 5.69 Å². The molecule has 0 fully saturated rings. The van der Waals surface area contributed by atoms with Crippen LogP contribution in [0.4, 0.5) is 19.3 Å². The Balaban J connectivity index is 3.01. The van der Waals surface area contributed by atoms with Crippen molar-refractivity contribution >= 4 is 17.7 Å². The van der Waals surface area contributed by atoms with Gasteiger partial charge in [-0.3, -0.25) is 5.32 Å². The van der Waals surface area contributed by atoms with Gasteiger partial charge >= 0.3 is 12.1 Å². The summed E-state index contributed by atoms with van der Waals surface area (Å²) in [6.45, 7) is 4.90. The highest BCUT2D eigenvalue weighted by atomic mass is 19.1. The number of carbonyl (C=O) groups is 2. The van der Waals surface area contributed by atoms with Gasteiger partial charge in [-0.15, -0.1) is 0 Å². The predicted molar refractivity (Wildman–Crippen MR) is 67.6 cm³/mol. The zero-order valence-corrected chi connectivity index (χ0v) is 11.5. The van der Waals surface area contributed by atoms with Crippen molar-refractivity contribution in [3.63, 3.8) is 0 Å². The average molecular weight is 287 g/mol. The van der Waals surface area contributed by atoms with Crippen LogP contribution >= 0.6 is 0 Å². The molecule has 0 heterocycles. The third-order valence-corrected chi connectivity index (χ3v) is 2.10. The van der Waals surface area contributed by atoms with Gasteiger partial charge in [0.15, 0.2) is 0 Å². The van der Waals surface area contributed by atoms with Crippen LogP contribution in [0.1, 0.15) is 31.1 Å². The molecule has 1 rings (SSSR count). The Labute approximate surface area is 114 Å². The van der Waals surface area contributed by atoms with Crippen LogP contribution in [0, 0.1) is 11.6 Å². The topological polar surface area (TPSA) is 64.6 Å². The van der Waals surface area contributed by atoms with Crippen LogP contribution in [0.3, 0.4) is 0 Å². The fourth-order valence-electron chi connectivity index (χ4n) is 1.32. The van der Waals surface area contributed by atoms with Gasteiger partial charge in [0.25, 0.3) is 0 Å². The van der Waals surface area contributed by atoms with Gasteiger partial charge in [0, 0.05) is 6.07 Å². The van der Waals surface area contributed by atoms with Gasteiger partial charge in [-0.2, -0.15) is 0 Å². The van der Waals surface area contributed by atoms with E-state index in [1.807, 2.05) is 0 Å². The van der Waals surface area contributed by atoms with Crippen LogP contribution in [0.15, 0.2) is 12.1 Å². The summed E-state index contributed by atoms with van der Waals surface area (Å²) in [7, 11) is 1.06. The lowest BCUT2D eigenvalue weighted by molar-refractivity contribution is 0.0591. The van der Waals surface area contributed by atoms with E-state index in [9.17, 15) is 18.4 Å². The van der Waals surface area contributed by atoms with Gasteiger partial charge in [0.1, 0.15) is 17.2 Å². The van der Waals surface area contributed by atoms with Gasteiger partial charge in [0.2, 0.25) is 0 Å². The summed E-state index contributed by atoms with van der Waals surface area (Å²) in [5.41, 5.74) is -1.63. The lowest BCUT2D eigenvalue weighted by Crippen LogP contribution is -2.27. The van der Waals surface area contributed by atoms with E-state index in [4.69, 9.17) is 4.74 Å². The number of benzene rings is 1. The molecule has 1 amide bonds. The number of anilines is 1. The summed E-state index contributed by atoms with van der Waals surface area (Å²) in [4.78, 5) is 22.8. The molecule has 0 radical (unpaired) electrons. The molecular weight excluding hydrogens is 272 g/mol. The molecule has 5 nitrogen and oxygen atoms in total. The second-order valence-corrected chi connectivity index (χ2v) is 4.93. The van der Waals surface area contributed by atoms with Crippen LogP contribution in [0.25, 0.3) is 0 Å². The first-order chi connectivity index (χ1) is 9.14. The van der Waals surface area contributed by atoms with E-state index < -0.39 is 34.9 Å². The summed E-state index contributed by atoms with van der Waals surface area (Å²) in [5, 5.41) is 2.10. The molecular formula is C13H15F2NO4. The Kier molecular flexibility index (Phi) is 4.65. The predicted octanol–water partition coefficient (Wildman–Crippen LogP) is 3.10. The molecule has 7 heteroatoms. The van der Waals surface area contributed by atoms with E-state index in [1.54, 1.807) is 20.8 Å². The monoisotopic (exact) mass is 287 g/mol. The number of halogens is 2. The van der Waals surface area contributed by atoms with Gasteiger partial charge < -0.3 is 9.47 Å². The van der Waals surface area contributed by atoms with Crippen molar-refractivity contribution in [3.05, 3.63) is 29.3 Å². The van der Waals surface area contributed by atoms with E-state index in [1.165, 1.54) is 0 Å². The average Bonchev–Trinajstić information content (AvgIpc) is 2.29. The van der Waals surface area contributed by atoms with Crippen LogP contribution in [-0.2, 0) is 9.47 Å².